The van der Waals surface area contributed by atoms with Gasteiger partial charge in [0.1, 0.15) is 5.75 Å². The molecule has 3 heterocycles. The van der Waals surface area contributed by atoms with Gasteiger partial charge in [0, 0.05) is 11.4 Å². The van der Waals surface area contributed by atoms with E-state index in [1.54, 1.807) is 7.11 Å². The van der Waals surface area contributed by atoms with E-state index in [1.807, 2.05) is 50.3 Å². The molecule has 4 rings (SSSR count). The van der Waals surface area contributed by atoms with Crippen LogP contribution in [0.25, 0.3) is 11.0 Å². The van der Waals surface area contributed by atoms with E-state index >= 15 is 0 Å². The number of nitrogens with zero attached hydrogens (tertiary/aromatic N) is 5. The minimum Gasteiger partial charge on any atom is -0.497 e. The van der Waals surface area contributed by atoms with E-state index in [1.165, 1.54) is 27.6 Å². The molecule has 9 heteroatoms. The highest BCUT2D eigenvalue weighted by molar-refractivity contribution is 7.98. The molecule has 0 saturated heterocycles. The predicted molar refractivity (Wildman–Crippen MR) is 110 cm³/mol. The molecule has 0 bridgehead atoms. The van der Waals surface area contributed by atoms with Gasteiger partial charge in [0.2, 0.25) is 4.96 Å². The molecule has 0 fully saturated rings. The van der Waals surface area contributed by atoms with Gasteiger partial charge in [-0.2, -0.15) is 4.52 Å². The quantitative estimate of drug-likeness (QED) is 0.368. The Morgan fingerprint density at radius 2 is 1.86 bits per heavy atom. The first-order valence-electron chi connectivity index (χ1n) is 8.51. The topological polar surface area (TPSA) is 82.3 Å². The summed E-state index contributed by atoms with van der Waals surface area (Å²) in [5.41, 5.74) is 2.61. The number of hydrogen-bond acceptors (Lipinski definition) is 8. The van der Waals surface area contributed by atoms with Crippen LogP contribution in [0.15, 0.2) is 40.3 Å². The maximum Gasteiger partial charge on any atom is 0.291 e. The summed E-state index contributed by atoms with van der Waals surface area (Å²) in [7, 11) is 1.62. The summed E-state index contributed by atoms with van der Waals surface area (Å²) in [5, 5.41) is 5.04. The Morgan fingerprint density at radius 1 is 1.14 bits per heavy atom. The van der Waals surface area contributed by atoms with Crippen molar-refractivity contribution in [2.45, 2.75) is 24.8 Å². The minimum atomic E-state index is -0.165. The van der Waals surface area contributed by atoms with Gasteiger partial charge in [-0.05, 0) is 43.7 Å². The third-order valence-electron chi connectivity index (χ3n) is 3.93. The zero-order valence-electron chi connectivity index (χ0n) is 15.5. The Bertz CT molecular complexity index is 1230. The number of ether oxygens (including phenoxy) is 1. The van der Waals surface area contributed by atoms with Crippen LogP contribution < -0.4 is 14.8 Å². The van der Waals surface area contributed by atoms with Crippen molar-refractivity contribution in [2.24, 2.45) is 0 Å². The van der Waals surface area contributed by atoms with Crippen molar-refractivity contribution in [2.75, 3.05) is 7.11 Å². The van der Waals surface area contributed by atoms with E-state index in [-0.39, 0.29) is 5.56 Å². The molecular weight excluding hydrogens is 394 g/mol. The predicted octanol–water partition coefficient (Wildman–Crippen LogP) is 2.41. The molecule has 1 aromatic carbocycles. The van der Waals surface area contributed by atoms with Crippen LogP contribution in [0.4, 0.5) is 0 Å². The third kappa shape index (κ3) is 3.90. The molecule has 0 unspecified atom stereocenters. The largest absolute Gasteiger partial charge is 0.497 e. The van der Waals surface area contributed by atoms with Crippen LogP contribution in [0.5, 0.6) is 5.75 Å². The fourth-order valence-electron chi connectivity index (χ4n) is 2.67. The van der Waals surface area contributed by atoms with Crippen molar-refractivity contribution in [3.8, 4) is 5.75 Å². The highest BCUT2D eigenvalue weighted by atomic mass is 32.2. The first-order valence-corrected chi connectivity index (χ1v) is 10.3. The van der Waals surface area contributed by atoms with E-state index in [0.29, 0.717) is 26.2 Å². The summed E-state index contributed by atoms with van der Waals surface area (Å²) in [4.78, 5) is 26.5. The van der Waals surface area contributed by atoms with E-state index < -0.39 is 0 Å². The summed E-state index contributed by atoms with van der Waals surface area (Å²) in [6.45, 7) is 3.88. The number of benzene rings is 1. The number of aromatic nitrogens is 5. The molecular formula is C19H17N5O2S2. The highest BCUT2D eigenvalue weighted by Crippen LogP contribution is 2.18. The summed E-state index contributed by atoms with van der Waals surface area (Å²) in [6, 6.07) is 9.45. The molecule has 0 aliphatic heterocycles. The van der Waals surface area contributed by atoms with E-state index in [9.17, 15) is 4.79 Å². The lowest BCUT2D eigenvalue weighted by Crippen LogP contribution is -2.23. The molecule has 0 aliphatic carbocycles. The van der Waals surface area contributed by atoms with E-state index in [2.05, 4.69) is 20.1 Å². The normalized spacial score (nSPS) is 12.0. The van der Waals surface area contributed by atoms with E-state index in [4.69, 9.17) is 4.74 Å². The second kappa shape index (κ2) is 7.69. The Morgan fingerprint density at radius 3 is 2.50 bits per heavy atom. The standard InChI is InChI=1S/C19H17N5O2S2/c1-11-8-12(2)21-18(20-11)27-10-16-22-19-24(23-16)17(25)15(28-19)9-13-4-6-14(26-3)7-5-13/h4-9H,10H2,1-3H3/b15-9-. The maximum absolute atomic E-state index is 12.6. The smallest absolute Gasteiger partial charge is 0.291 e. The molecule has 0 atom stereocenters. The summed E-state index contributed by atoms with van der Waals surface area (Å²) >= 11 is 2.78. The van der Waals surface area contributed by atoms with Crippen molar-refractivity contribution in [3.05, 3.63) is 68.0 Å². The molecule has 0 radical (unpaired) electrons. The Labute approximate surface area is 169 Å². The molecule has 0 saturated carbocycles. The van der Waals surface area contributed by atoms with Crippen molar-refractivity contribution in [3.63, 3.8) is 0 Å². The van der Waals surface area contributed by atoms with Crippen LogP contribution in [0.1, 0.15) is 22.8 Å². The average molecular weight is 412 g/mol. The van der Waals surface area contributed by atoms with Crippen LogP contribution >= 0.6 is 23.1 Å². The zero-order valence-corrected chi connectivity index (χ0v) is 17.2. The molecule has 0 N–H and O–H groups in total. The number of hydrogen-bond donors (Lipinski definition) is 0. The van der Waals surface area contributed by atoms with Gasteiger partial charge in [0.25, 0.3) is 5.56 Å². The lowest BCUT2D eigenvalue weighted by Gasteiger charge is -2.00. The van der Waals surface area contributed by atoms with Gasteiger partial charge in [0.05, 0.1) is 17.4 Å². The lowest BCUT2D eigenvalue weighted by atomic mass is 10.2. The van der Waals surface area contributed by atoms with Gasteiger partial charge in [-0.15, -0.1) is 5.10 Å². The first-order chi connectivity index (χ1) is 13.5. The second-order valence-corrected chi connectivity index (χ2v) is 8.08. The molecule has 142 valence electrons. The minimum absolute atomic E-state index is 0.165. The second-order valence-electron chi connectivity index (χ2n) is 6.13. The van der Waals surface area contributed by atoms with Crippen molar-refractivity contribution < 1.29 is 4.74 Å². The van der Waals surface area contributed by atoms with E-state index in [0.717, 1.165) is 22.7 Å². The summed E-state index contributed by atoms with van der Waals surface area (Å²) in [6.07, 6.45) is 1.83. The third-order valence-corrected chi connectivity index (χ3v) is 5.73. The van der Waals surface area contributed by atoms with Crippen LogP contribution in [-0.2, 0) is 5.75 Å². The zero-order chi connectivity index (χ0) is 19.7. The van der Waals surface area contributed by atoms with Gasteiger partial charge in [-0.25, -0.2) is 15.0 Å². The average Bonchev–Trinajstić information content (AvgIpc) is 3.19. The maximum atomic E-state index is 12.6. The number of rotatable bonds is 5. The first kappa shape index (κ1) is 18.6. The SMILES string of the molecule is COc1ccc(/C=c2\sc3nc(CSc4nc(C)cc(C)n4)nn3c2=O)cc1. The van der Waals surface area contributed by atoms with Crippen molar-refractivity contribution in [1.29, 1.82) is 0 Å². The van der Waals surface area contributed by atoms with Gasteiger partial charge < -0.3 is 4.74 Å². The monoisotopic (exact) mass is 411 g/mol. The van der Waals surface area contributed by atoms with Crippen LogP contribution in [0, 0.1) is 13.8 Å². The van der Waals surface area contributed by atoms with Gasteiger partial charge in [0.15, 0.2) is 11.0 Å². The fourth-order valence-corrected chi connectivity index (χ4v) is 4.40. The number of methoxy groups -OCH3 is 1. The van der Waals surface area contributed by atoms with Crippen LogP contribution in [-0.4, -0.2) is 31.7 Å². The molecule has 7 nitrogen and oxygen atoms in total. The molecule has 3 aromatic heterocycles. The Hall–Kier alpha value is -2.78. The number of thioether (sulfide) groups is 1. The molecule has 28 heavy (non-hydrogen) atoms. The highest BCUT2D eigenvalue weighted by Gasteiger charge is 2.11. The molecule has 0 aliphatic rings. The molecule has 0 amide bonds. The van der Waals surface area contributed by atoms with Gasteiger partial charge in [-0.1, -0.05) is 35.2 Å². The number of fused-ring (bicyclic) bond motifs is 1. The van der Waals surface area contributed by atoms with Crippen molar-refractivity contribution >= 4 is 34.1 Å². The van der Waals surface area contributed by atoms with Crippen molar-refractivity contribution in [1.82, 2.24) is 24.6 Å². The van der Waals surface area contributed by atoms with Gasteiger partial charge >= 0.3 is 0 Å². The molecule has 0 spiro atoms. The lowest BCUT2D eigenvalue weighted by molar-refractivity contribution is 0.415. The Kier molecular flexibility index (Phi) is 5.10. The Balaban J connectivity index is 1.57. The van der Waals surface area contributed by atoms with Gasteiger partial charge in [-0.3, -0.25) is 4.79 Å². The number of aryl methyl sites for hydroxylation is 2. The van der Waals surface area contributed by atoms with Crippen LogP contribution in [0.3, 0.4) is 0 Å². The van der Waals surface area contributed by atoms with Crippen LogP contribution in [0.2, 0.25) is 0 Å². The molecule has 4 aromatic rings. The number of thiazole rings is 1. The summed E-state index contributed by atoms with van der Waals surface area (Å²) in [5.74, 6) is 1.87. The summed E-state index contributed by atoms with van der Waals surface area (Å²) < 4.78 is 7.11. The fraction of sp³-hybridized carbons (Fsp3) is 0.211.